The van der Waals surface area contributed by atoms with E-state index in [0.29, 0.717) is 6.04 Å². The summed E-state index contributed by atoms with van der Waals surface area (Å²) < 4.78 is 25.8. The topological polar surface area (TPSA) is 95.8 Å². The number of rotatable bonds is 4. The number of carbonyl (C=O) groups is 1. The van der Waals surface area contributed by atoms with Gasteiger partial charge in [-0.25, -0.2) is 4.79 Å². The van der Waals surface area contributed by atoms with Crippen molar-refractivity contribution in [2.24, 2.45) is 4.40 Å². The fourth-order valence-electron chi connectivity index (χ4n) is 1.65. The monoisotopic (exact) mass is 244 g/mol. The molecule has 2 N–H and O–H groups in total. The summed E-state index contributed by atoms with van der Waals surface area (Å²) in [6, 6.07) is 0.374. The van der Waals surface area contributed by atoms with Gasteiger partial charge in [-0.3, -0.25) is 0 Å². The molecule has 6 nitrogen and oxygen atoms in total. The van der Waals surface area contributed by atoms with Gasteiger partial charge >= 0.3 is 5.97 Å². The minimum atomic E-state index is -3.96. The number of nitrogens with one attached hydrogen (secondary N) is 1. The highest BCUT2D eigenvalue weighted by molar-refractivity contribution is 7.95. The van der Waals surface area contributed by atoms with Crippen LogP contribution in [0.3, 0.4) is 0 Å². The van der Waals surface area contributed by atoms with E-state index in [4.69, 9.17) is 5.11 Å². The van der Waals surface area contributed by atoms with E-state index in [-0.39, 0.29) is 12.1 Å². The molecule has 1 aliphatic heterocycles. The molecule has 2 rings (SSSR count). The number of aliphatic carboxylic acids is 1. The van der Waals surface area contributed by atoms with Crippen LogP contribution in [0.25, 0.3) is 0 Å². The van der Waals surface area contributed by atoms with Crippen molar-refractivity contribution in [1.82, 2.24) is 5.32 Å². The Balaban J connectivity index is 2.13. The summed E-state index contributed by atoms with van der Waals surface area (Å²) >= 11 is 0. The Morgan fingerprint density at radius 1 is 1.56 bits per heavy atom. The second kappa shape index (κ2) is 3.99. The molecule has 0 atom stereocenters. The van der Waals surface area contributed by atoms with Gasteiger partial charge in [0.05, 0.1) is 0 Å². The number of sulfonamides is 1. The highest BCUT2D eigenvalue weighted by Gasteiger charge is 2.32. The molecule has 0 unspecified atom stereocenters. The molecular weight excluding hydrogens is 232 g/mol. The van der Waals surface area contributed by atoms with Crippen LogP contribution < -0.4 is 5.32 Å². The van der Waals surface area contributed by atoms with Crippen LogP contribution in [0.4, 0.5) is 0 Å². The van der Waals surface area contributed by atoms with Crippen LogP contribution in [-0.4, -0.2) is 38.3 Å². The molecule has 0 aromatic rings. The fourth-order valence-corrected chi connectivity index (χ4v) is 2.70. The third-order valence-electron chi connectivity index (χ3n) is 2.78. The summed E-state index contributed by atoms with van der Waals surface area (Å²) in [5.41, 5.74) is 0.236. The molecule has 7 heteroatoms. The van der Waals surface area contributed by atoms with Crippen LogP contribution in [0.2, 0.25) is 0 Å². The van der Waals surface area contributed by atoms with Crippen molar-refractivity contribution in [2.75, 3.05) is 6.54 Å². The van der Waals surface area contributed by atoms with E-state index in [1.165, 1.54) is 0 Å². The predicted molar refractivity (Wildman–Crippen MR) is 57.7 cm³/mol. The summed E-state index contributed by atoms with van der Waals surface area (Å²) in [5, 5.41) is 11.9. The lowest BCUT2D eigenvalue weighted by Gasteiger charge is -2.26. The smallest absolute Gasteiger partial charge is 0.349 e. The fraction of sp³-hybridized carbons (Fsp3) is 0.556. The van der Waals surface area contributed by atoms with Gasteiger partial charge in [0.25, 0.3) is 10.0 Å². The first-order valence-electron chi connectivity index (χ1n) is 5.01. The van der Waals surface area contributed by atoms with Gasteiger partial charge in [-0.1, -0.05) is 6.42 Å². The zero-order valence-electron chi connectivity index (χ0n) is 8.51. The number of carboxylic acids is 1. The quantitative estimate of drug-likeness (QED) is 0.718. The Kier molecular flexibility index (Phi) is 2.81. The Morgan fingerprint density at radius 3 is 2.75 bits per heavy atom. The minimum absolute atomic E-state index is 0.236. The average molecular weight is 244 g/mol. The SMILES string of the molecule is O=C(O)C1=C(CNC2CCC2)C=NS1(=O)=O. The van der Waals surface area contributed by atoms with E-state index in [9.17, 15) is 13.2 Å². The van der Waals surface area contributed by atoms with Crippen LogP contribution in [0.5, 0.6) is 0 Å². The first kappa shape index (κ1) is 11.3. The maximum absolute atomic E-state index is 11.3. The molecule has 1 fully saturated rings. The normalized spacial score (nSPS) is 23.5. The predicted octanol–water partition coefficient (Wildman–Crippen LogP) is -0.119. The standard InChI is InChI=1S/C9H12N2O4S/c12-9(13)8-6(5-11-16(8,14)15)4-10-7-2-1-3-7/h5,7,10H,1-4H2,(H,12,13). The summed E-state index contributed by atoms with van der Waals surface area (Å²) in [4.78, 5) is 10.2. The van der Waals surface area contributed by atoms with Gasteiger partial charge in [-0.2, -0.15) is 12.8 Å². The van der Waals surface area contributed by atoms with Gasteiger partial charge in [0.15, 0.2) is 4.91 Å². The highest BCUT2D eigenvalue weighted by Crippen LogP contribution is 2.22. The van der Waals surface area contributed by atoms with Crippen molar-refractivity contribution in [3.8, 4) is 0 Å². The van der Waals surface area contributed by atoms with Crippen molar-refractivity contribution in [3.63, 3.8) is 0 Å². The molecule has 88 valence electrons. The molecule has 0 amide bonds. The molecule has 0 aromatic carbocycles. The van der Waals surface area contributed by atoms with Crippen molar-refractivity contribution in [3.05, 3.63) is 10.5 Å². The first-order chi connectivity index (χ1) is 7.50. The summed E-state index contributed by atoms with van der Waals surface area (Å²) in [6.07, 6.45) is 4.39. The van der Waals surface area contributed by atoms with Crippen LogP contribution in [0, 0.1) is 0 Å². The van der Waals surface area contributed by atoms with E-state index in [1.54, 1.807) is 0 Å². The van der Waals surface area contributed by atoms with E-state index < -0.39 is 20.9 Å². The molecule has 0 bridgehead atoms. The van der Waals surface area contributed by atoms with E-state index in [2.05, 4.69) is 9.71 Å². The second-order valence-electron chi connectivity index (χ2n) is 3.88. The third-order valence-corrected chi connectivity index (χ3v) is 4.11. The van der Waals surface area contributed by atoms with E-state index in [0.717, 1.165) is 25.5 Å². The summed E-state index contributed by atoms with van der Waals surface area (Å²) in [6.45, 7) is 0.245. The van der Waals surface area contributed by atoms with Gasteiger partial charge in [0, 0.05) is 24.4 Å². The van der Waals surface area contributed by atoms with Crippen molar-refractivity contribution < 1.29 is 18.3 Å². The second-order valence-corrected chi connectivity index (χ2v) is 5.45. The molecule has 1 aliphatic carbocycles. The summed E-state index contributed by atoms with van der Waals surface area (Å²) in [5.74, 6) is -1.44. The van der Waals surface area contributed by atoms with Crippen molar-refractivity contribution in [1.29, 1.82) is 0 Å². The lowest BCUT2D eigenvalue weighted by atomic mass is 9.93. The molecule has 0 saturated heterocycles. The average Bonchev–Trinajstić information content (AvgIpc) is 2.38. The number of hydrogen-bond acceptors (Lipinski definition) is 4. The van der Waals surface area contributed by atoms with Gasteiger partial charge < -0.3 is 10.4 Å². The molecule has 0 aromatic heterocycles. The molecule has 1 saturated carbocycles. The highest BCUT2D eigenvalue weighted by atomic mass is 32.2. The Morgan fingerprint density at radius 2 is 2.25 bits per heavy atom. The number of nitrogens with zero attached hydrogens (tertiary/aromatic N) is 1. The van der Waals surface area contributed by atoms with Crippen LogP contribution >= 0.6 is 0 Å². The molecule has 1 heterocycles. The molecule has 0 radical (unpaired) electrons. The number of hydrogen-bond donors (Lipinski definition) is 2. The molecule has 16 heavy (non-hydrogen) atoms. The lowest BCUT2D eigenvalue weighted by Crippen LogP contribution is -2.36. The zero-order chi connectivity index (χ0) is 11.8. The van der Waals surface area contributed by atoms with Gasteiger partial charge in [-0.15, -0.1) is 0 Å². The zero-order valence-corrected chi connectivity index (χ0v) is 9.33. The van der Waals surface area contributed by atoms with Crippen molar-refractivity contribution in [2.45, 2.75) is 25.3 Å². The third kappa shape index (κ3) is 2.00. The Hall–Kier alpha value is -1.21. The van der Waals surface area contributed by atoms with Crippen LogP contribution in [0.15, 0.2) is 14.9 Å². The van der Waals surface area contributed by atoms with Crippen molar-refractivity contribution >= 4 is 22.2 Å². The largest absolute Gasteiger partial charge is 0.477 e. The molecule has 2 aliphatic rings. The van der Waals surface area contributed by atoms with Crippen LogP contribution in [-0.2, 0) is 14.8 Å². The van der Waals surface area contributed by atoms with Gasteiger partial charge in [0.1, 0.15) is 0 Å². The van der Waals surface area contributed by atoms with Gasteiger partial charge in [0.2, 0.25) is 0 Å². The Bertz CT molecular complexity index is 474. The van der Waals surface area contributed by atoms with Gasteiger partial charge in [-0.05, 0) is 12.8 Å². The molecule has 0 spiro atoms. The Labute approximate surface area is 93.1 Å². The maximum atomic E-state index is 11.3. The van der Waals surface area contributed by atoms with Crippen LogP contribution in [0.1, 0.15) is 19.3 Å². The maximum Gasteiger partial charge on any atom is 0.349 e. The van der Waals surface area contributed by atoms with E-state index in [1.807, 2.05) is 0 Å². The molecular formula is C9H12N2O4S. The lowest BCUT2D eigenvalue weighted by molar-refractivity contribution is -0.131. The van der Waals surface area contributed by atoms with E-state index >= 15 is 0 Å². The summed E-state index contributed by atoms with van der Waals surface area (Å²) in [7, 11) is -3.96. The minimum Gasteiger partial charge on any atom is -0.477 e. The number of carboxylic acid groups (broad SMARTS) is 1. The first-order valence-corrected chi connectivity index (χ1v) is 6.45.